The van der Waals surface area contributed by atoms with Crippen molar-refractivity contribution in [3.63, 3.8) is 0 Å². The van der Waals surface area contributed by atoms with E-state index in [0.29, 0.717) is 5.92 Å². The monoisotopic (exact) mass is 291 g/mol. The summed E-state index contributed by atoms with van der Waals surface area (Å²) in [6.07, 6.45) is 2.14. The topological polar surface area (TPSA) is 40.5 Å². The minimum Gasteiger partial charge on any atom is -0.481 e. The molecular weight excluding hydrogens is 262 g/mol. The van der Waals surface area contributed by atoms with Crippen molar-refractivity contribution in [1.82, 2.24) is 4.90 Å². The van der Waals surface area contributed by atoms with Crippen LogP contribution in [0.4, 0.5) is 0 Å². The van der Waals surface area contributed by atoms with Gasteiger partial charge in [0, 0.05) is 6.04 Å². The lowest BCUT2D eigenvalue weighted by atomic mass is 9.95. The molecule has 0 aliphatic rings. The standard InChI is InChI=1S/C18H29NO2/c1-5-14(4)16-10-8-15(9-11-16)12-17(13-18(20)21)19(6-2)7-3/h8-11,14,17H,5-7,12-13H2,1-4H3,(H,20,21). The minimum absolute atomic E-state index is 0.0759. The molecule has 1 aromatic rings. The van der Waals surface area contributed by atoms with Crippen LogP contribution < -0.4 is 0 Å². The van der Waals surface area contributed by atoms with Gasteiger partial charge >= 0.3 is 5.97 Å². The van der Waals surface area contributed by atoms with Crippen molar-refractivity contribution in [3.8, 4) is 0 Å². The lowest BCUT2D eigenvalue weighted by Gasteiger charge is -2.28. The molecule has 0 radical (unpaired) electrons. The molecule has 3 heteroatoms. The maximum absolute atomic E-state index is 11.1. The van der Waals surface area contributed by atoms with Gasteiger partial charge in [-0.15, -0.1) is 0 Å². The number of carboxylic acids is 1. The molecule has 0 fully saturated rings. The second kappa shape index (κ2) is 8.83. The van der Waals surface area contributed by atoms with E-state index in [9.17, 15) is 4.79 Å². The average molecular weight is 291 g/mol. The van der Waals surface area contributed by atoms with Gasteiger partial charge in [0.25, 0.3) is 0 Å². The van der Waals surface area contributed by atoms with Gasteiger partial charge < -0.3 is 10.0 Å². The number of benzene rings is 1. The van der Waals surface area contributed by atoms with Crippen LogP contribution in [0.3, 0.4) is 0 Å². The lowest BCUT2D eigenvalue weighted by Crippen LogP contribution is -2.38. The summed E-state index contributed by atoms with van der Waals surface area (Å²) in [6.45, 7) is 10.4. The Bertz CT molecular complexity index is 423. The van der Waals surface area contributed by atoms with Gasteiger partial charge in [-0.3, -0.25) is 4.79 Å². The van der Waals surface area contributed by atoms with E-state index in [0.717, 1.165) is 25.9 Å². The van der Waals surface area contributed by atoms with E-state index in [2.05, 4.69) is 56.9 Å². The van der Waals surface area contributed by atoms with E-state index in [4.69, 9.17) is 5.11 Å². The van der Waals surface area contributed by atoms with Crippen molar-refractivity contribution in [2.45, 2.75) is 58.9 Å². The van der Waals surface area contributed by atoms with Crippen molar-refractivity contribution in [2.75, 3.05) is 13.1 Å². The predicted molar refractivity (Wildman–Crippen MR) is 87.8 cm³/mol. The molecule has 0 bridgehead atoms. The zero-order valence-corrected chi connectivity index (χ0v) is 13.8. The number of likely N-dealkylation sites (N-methyl/N-ethyl adjacent to an activating group) is 1. The zero-order valence-electron chi connectivity index (χ0n) is 13.8. The Morgan fingerprint density at radius 3 is 2.14 bits per heavy atom. The Labute approximate surface area is 129 Å². The summed E-state index contributed by atoms with van der Waals surface area (Å²) < 4.78 is 0. The highest BCUT2D eigenvalue weighted by atomic mass is 16.4. The van der Waals surface area contributed by atoms with Crippen molar-refractivity contribution in [1.29, 1.82) is 0 Å². The number of carboxylic acid groups (broad SMARTS) is 1. The van der Waals surface area contributed by atoms with Crippen LogP contribution in [0.15, 0.2) is 24.3 Å². The van der Waals surface area contributed by atoms with Gasteiger partial charge in [0.1, 0.15) is 0 Å². The Balaban J connectivity index is 2.80. The fourth-order valence-corrected chi connectivity index (χ4v) is 2.76. The van der Waals surface area contributed by atoms with Gasteiger partial charge in [-0.2, -0.15) is 0 Å². The van der Waals surface area contributed by atoms with Gasteiger partial charge in [0.05, 0.1) is 6.42 Å². The minimum atomic E-state index is -0.719. The van der Waals surface area contributed by atoms with Crippen molar-refractivity contribution < 1.29 is 9.90 Å². The number of rotatable bonds is 9. The third-order valence-electron chi connectivity index (χ3n) is 4.37. The lowest BCUT2D eigenvalue weighted by molar-refractivity contribution is -0.138. The zero-order chi connectivity index (χ0) is 15.8. The van der Waals surface area contributed by atoms with Crippen LogP contribution in [-0.2, 0) is 11.2 Å². The largest absolute Gasteiger partial charge is 0.481 e. The smallest absolute Gasteiger partial charge is 0.304 e. The Morgan fingerprint density at radius 1 is 1.14 bits per heavy atom. The van der Waals surface area contributed by atoms with Crippen LogP contribution >= 0.6 is 0 Å². The first kappa shape index (κ1) is 17.7. The molecular formula is C18H29NO2. The Hall–Kier alpha value is -1.35. The van der Waals surface area contributed by atoms with Crippen LogP contribution in [0.5, 0.6) is 0 Å². The van der Waals surface area contributed by atoms with Crippen molar-refractivity contribution >= 4 is 5.97 Å². The molecule has 1 rings (SSSR count). The van der Waals surface area contributed by atoms with E-state index < -0.39 is 5.97 Å². The van der Waals surface area contributed by atoms with Crippen molar-refractivity contribution in [2.24, 2.45) is 0 Å². The van der Waals surface area contributed by atoms with E-state index in [1.165, 1.54) is 11.1 Å². The van der Waals surface area contributed by atoms with Gasteiger partial charge in [-0.25, -0.2) is 0 Å². The molecule has 3 nitrogen and oxygen atoms in total. The molecule has 118 valence electrons. The highest BCUT2D eigenvalue weighted by Crippen LogP contribution is 2.20. The first-order valence-electron chi connectivity index (χ1n) is 8.06. The summed E-state index contributed by atoms with van der Waals surface area (Å²) in [7, 11) is 0. The third-order valence-corrected chi connectivity index (χ3v) is 4.37. The van der Waals surface area contributed by atoms with Crippen LogP contribution in [0.2, 0.25) is 0 Å². The Morgan fingerprint density at radius 2 is 1.71 bits per heavy atom. The molecule has 0 heterocycles. The predicted octanol–water partition coefficient (Wildman–Crippen LogP) is 3.93. The normalized spacial score (nSPS) is 14.1. The van der Waals surface area contributed by atoms with Crippen LogP contribution in [0.25, 0.3) is 0 Å². The maximum atomic E-state index is 11.1. The summed E-state index contributed by atoms with van der Waals surface area (Å²) in [5, 5.41) is 9.12. The summed E-state index contributed by atoms with van der Waals surface area (Å²) >= 11 is 0. The fourth-order valence-electron chi connectivity index (χ4n) is 2.76. The quantitative estimate of drug-likeness (QED) is 0.749. The van der Waals surface area contributed by atoms with Crippen LogP contribution in [0.1, 0.15) is 57.6 Å². The van der Waals surface area contributed by atoms with E-state index in [1.807, 2.05) is 0 Å². The molecule has 0 saturated heterocycles. The number of aliphatic carboxylic acids is 1. The number of hydrogen-bond acceptors (Lipinski definition) is 2. The number of hydrogen-bond donors (Lipinski definition) is 1. The van der Waals surface area contributed by atoms with Gasteiger partial charge in [0.2, 0.25) is 0 Å². The molecule has 1 N–H and O–H groups in total. The molecule has 21 heavy (non-hydrogen) atoms. The van der Waals surface area contributed by atoms with E-state index in [1.54, 1.807) is 0 Å². The number of carbonyl (C=O) groups is 1. The van der Waals surface area contributed by atoms with Crippen LogP contribution in [0, 0.1) is 0 Å². The summed E-state index contributed by atoms with van der Waals surface area (Å²) in [4.78, 5) is 13.3. The SMILES string of the molecule is CCC(C)c1ccc(CC(CC(=O)O)N(CC)CC)cc1. The summed E-state index contributed by atoms with van der Waals surface area (Å²) in [6, 6.07) is 8.75. The highest BCUT2D eigenvalue weighted by molar-refractivity contribution is 5.67. The van der Waals surface area contributed by atoms with E-state index in [-0.39, 0.29) is 12.5 Å². The second-order valence-corrected chi connectivity index (χ2v) is 5.73. The first-order chi connectivity index (χ1) is 10.0. The first-order valence-corrected chi connectivity index (χ1v) is 8.06. The van der Waals surface area contributed by atoms with Crippen LogP contribution in [-0.4, -0.2) is 35.1 Å². The molecule has 0 aliphatic heterocycles. The molecule has 0 amide bonds. The van der Waals surface area contributed by atoms with Gasteiger partial charge in [0.15, 0.2) is 0 Å². The molecule has 2 atom stereocenters. The van der Waals surface area contributed by atoms with Gasteiger partial charge in [-0.1, -0.05) is 52.0 Å². The molecule has 0 spiro atoms. The fraction of sp³-hybridized carbons (Fsp3) is 0.611. The summed E-state index contributed by atoms with van der Waals surface area (Å²) in [5.41, 5.74) is 2.58. The number of nitrogens with zero attached hydrogens (tertiary/aromatic N) is 1. The average Bonchev–Trinajstić information content (AvgIpc) is 2.47. The highest BCUT2D eigenvalue weighted by Gasteiger charge is 2.19. The summed E-state index contributed by atoms with van der Waals surface area (Å²) in [5.74, 6) is -0.139. The van der Waals surface area contributed by atoms with Gasteiger partial charge in [-0.05, 0) is 43.0 Å². The third kappa shape index (κ3) is 5.50. The Kier molecular flexibility index (Phi) is 7.44. The molecule has 0 aromatic heterocycles. The molecule has 1 aromatic carbocycles. The maximum Gasteiger partial charge on any atom is 0.304 e. The molecule has 0 saturated carbocycles. The molecule has 0 aliphatic carbocycles. The van der Waals surface area contributed by atoms with E-state index >= 15 is 0 Å². The second-order valence-electron chi connectivity index (χ2n) is 5.73. The molecule has 2 unspecified atom stereocenters. The van der Waals surface area contributed by atoms with Crippen molar-refractivity contribution in [3.05, 3.63) is 35.4 Å².